The molecule has 0 aromatic carbocycles. The number of hydrogen-bond acceptors (Lipinski definition) is 5. The fourth-order valence-corrected chi connectivity index (χ4v) is 3.43. The van der Waals surface area contributed by atoms with Gasteiger partial charge >= 0.3 is 0 Å². The Balaban J connectivity index is 1.66. The SMILES string of the molecule is CC1CCC(CO)(NCC(O)COCc2cccs2)CC1. The summed E-state index contributed by atoms with van der Waals surface area (Å²) >= 11 is 1.66. The fourth-order valence-electron chi connectivity index (χ4n) is 2.79. The number of thiophene rings is 1. The summed E-state index contributed by atoms with van der Waals surface area (Å²) in [5, 5.41) is 25.1. The van der Waals surface area contributed by atoms with Crippen molar-refractivity contribution in [2.24, 2.45) is 5.92 Å². The highest BCUT2D eigenvalue weighted by atomic mass is 32.1. The second-order valence-electron chi connectivity index (χ2n) is 6.25. The second kappa shape index (κ2) is 8.25. The van der Waals surface area contributed by atoms with Crippen LogP contribution in [0, 0.1) is 5.92 Å². The topological polar surface area (TPSA) is 61.7 Å². The molecule has 0 spiro atoms. The van der Waals surface area contributed by atoms with Crippen molar-refractivity contribution in [3.63, 3.8) is 0 Å². The van der Waals surface area contributed by atoms with Crippen molar-refractivity contribution in [2.75, 3.05) is 19.8 Å². The minimum absolute atomic E-state index is 0.141. The summed E-state index contributed by atoms with van der Waals surface area (Å²) in [6, 6.07) is 4.02. The predicted octanol–water partition coefficient (Wildman–Crippen LogP) is 2.16. The van der Waals surface area contributed by atoms with Crippen LogP contribution in [0.5, 0.6) is 0 Å². The van der Waals surface area contributed by atoms with Crippen LogP contribution in [-0.2, 0) is 11.3 Å². The van der Waals surface area contributed by atoms with E-state index in [4.69, 9.17) is 4.74 Å². The molecule has 1 atom stereocenters. The standard InChI is InChI=1S/C16H27NO3S/c1-13-4-6-16(12-18,7-5-13)17-9-14(19)10-20-11-15-3-2-8-21-15/h2-3,8,13-14,17-19H,4-7,9-12H2,1H3. The van der Waals surface area contributed by atoms with Crippen molar-refractivity contribution >= 4 is 11.3 Å². The largest absolute Gasteiger partial charge is 0.394 e. The van der Waals surface area contributed by atoms with E-state index in [1.165, 1.54) is 4.88 Å². The summed E-state index contributed by atoms with van der Waals surface area (Å²) in [6.45, 7) is 3.75. The first kappa shape index (κ1) is 16.9. The molecule has 1 fully saturated rings. The normalized spacial score (nSPS) is 27.7. The van der Waals surface area contributed by atoms with Crippen LogP contribution in [-0.4, -0.2) is 41.6 Å². The first-order chi connectivity index (χ1) is 10.1. The van der Waals surface area contributed by atoms with E-state index in [1.54, 1.807) is 11.3 Å². The molecule has 5 heteroatoms. The molecular formula is C16H27NO3S. The highest BCUT2D eigenvalue weighted by Crippen LogP contribution is 2.31. The van der Waals surface area contributed by atoms with Crippen molar-refractivity contribution in [1.82, 2.24) is 5.32 Å². The maximum atomic E-state index is 10.0. The third-order valence-corrected chi connectivity index (χ3v) is 5.23. The average Bonchev–Trinajstić information content (AvgIpc) is 3.01. The number of β-amino-alcohol motifs (C(OH)–C–C–N with tert-alkyl or cyclic N) is 1. The van der Waals surface area contributed by atoms with Crippen molar-refractivity contribution in [2.45, 2.75) is 50.9 Å². The third kappa shape index (κ3) is 5.34. The molecule has 1 saturated carbocycles. The number of aliphatic hydroxyl groups excluding tert-OH is 2. The van der Waals surface area contributed by atoms with E-state index in [0.717, 1.165) is 31.6 Å². The van der Waals surface area contributed by atoms with E-state index >= 15 is 0 Å². The Morgan fingerprint density at radius 2 is 2.24 bits per heavy atom. The molecule has 1 aromatic heterocycles. The lowest BCUT2D eigenvalue weighted by atomic mass is 9.77. The Bertz CT molecular complexity index is 388. The van der Waals surface area contributed by atoms with Crippen molar-refractivity contribution in [3.05, 3.63) is 22.4 Å². The Labute approximate surface area is 131 Å². The summed E-state index contributed by atoms with van der Waals surface area (Å²) in [7, 11) is 0. The molecule has 4 nitrogen and oxygen atoms in total. The first-order valence-corrected chi connectivity index (χ1v) is 8.65. The quantitative estimate of drug-likeness (QED) is 0.688. The molecule has 0 aliphatic heterocycles. The molecule has 3 N–H and O–H groups in total. The van der Waals surface area contributed by atoms with Gasteiger partial charge in [0.25, 0.3) is 0 Å². The van der Waals surface area contributed by atoms with Gasteiger partial charge in [-0.3, -0.25) is 0 Å². The van der Waals surface area contributed by atoms with Gasteiger partial charge in [-0.15, -0.1) is 11.3 Å². The molecule has 1 aliphatic rings. The summed E-state index contributed by atoms with van der Waals surface area (Å²) in [6.07, 6.45) is 3.70. The zero-order valence-corrected chi connectivity index (χ0v) is 13.6. The highest BCUT2D eigenvalue weighted by Gasteiger charge is 2.33. The number of aliphatic hydroxyl groups is 2. The van der Waals surface area contributed by atoms with Crippen LogP contribution >= 0.6 is 11.3 Å². The number of rotatable bonds is 8. The van der Waals surface area contributed by atoms with Gasteiger partial charge < -0.3 is 20.3 Å². The number of hydrogen-bond donors (Lipinski definition) is 3. The summed E-state index contributed by atoms with van der Waals surface area (Å²) < 4.78 is 5.52. The maximum Gasteiger partial charge on any atom is 0.0898 e. The molecule has 0 bridgehead atoms. The van der Waals surface area contributed by atoms with Crippen LogP contribution in [0.2, 0.25) is 0 Å². The van der Waals surface area contributed by atoms with E-state index in [9.17, 15) is 10.2 Å². The van der Waals surface area contributed by atoms with Gasteiger partial charge in [0.15, 0.2) is 0 Å². The third-order valence-electron chi connectivity index (χ3n) is 4.38. The summed E-state index contributed by atoms with van der Waals surface area (Å²) in [5.41, 5.74) is -0.207. The van der Waals surface area contributed by atoms with Crippen LogP contribution in [0.3, 0.4) is 0 Å². The minimum atomic E-state index is -0.535. The molecule has 21 heavy (non-hydrogen) atoms. The summed E-state index contributed by atoms with van der Waals surface area (Å²) in [5.74, 6) is 0.741. The van der Waals surface area contributed by atoms with Crippen molar-refractivity contribution in [3.8, 4) is 0 Å². The first-order valence-electron chi connectivity index (χ1n) is 7.78. The molecular weight excluding hydrogens is 286 g/mol. The molecule has 120 valence electrons. The Hall–Kier alpha value is -0.460. The van der Waals surface area contributed by atoms with Crippen LogP contribution < -0.4 is 5.32 Å². The minimum Gasteiger partial charge on any atom is -0.394 e. The average molecular weight is 313 g/mol. The lowest BCUT2D eigenvalue weighted by molar-refractivity contribution is 0.0180. The van der Waals surface area contributed by atoms with E-state index in [1.807, 2.05) is 17.5 Å². The Morgan fingerprint density at radius 1 is 1.48 bits per heavy atom. The maximum absolute atomic E-state index is 10.0. The van der Waals surface area contributed by atoms with Gasteiger partial charge in [-0.25, -0.2) is 0 Å². The lowest BCUT2D eigenvalue weighted by Crippen LogP contribution is -2.53. The van der Waals surface area contributed by atoms with Crippen LogP contribution in [0.4, 0.5) is 0 Å². The van der Waals surface area contributed by atoms with Gasteiger partial charge in [0, 0.05) is 17.0 Å². The smallest absolute Gasteiger partial charge is 0.0898 e. The monoisotopic (exact) mass is 313 g/mol. The molecule has 1 unspecified atom stereocenters. The van der Waals surface area contributed by atoms with Gasteiger partial charge in [-0.1, -0.05) is 13.0 Å². The second-order valence-corrected chi connectivity index (χ2v) is 7.28. The summed E-state index contributed by atoms with van der Waals surface area (Å²) in [4.78, 5) is 1.17. The van der Waals surface area contributed by atoms with E-state index in [0.29, 0.717) is 19.8 Å². The molecule has 0 radical (unpaired) electrons. The molecule has 2 rings (SSSR count). The van der Waals surface area contributed by atoms with Crippen LogP contribution in [0.1, 0.15) is 37.5 Å². The van der Waals surface area contributed by atoms with Crippen LogP contribution in [0.25, 0.3) is 0 Å². The van der Waals surface area contributed by atoms with Gasteiger partial charge in [0.1, 0.15) is 0 Å². The lowest BCUT2D eigenvalue weighted by Gasteiger charge is -2.39. The number of ether oxygens (including phenoxy) is 1. The van der Waals surface area contributed by atoms with E-state index < -0.39 is 6.10 Å². The molecule has 1 aliphatic carbocycles. The van der Waals surface area contributed by atoms with Crippen LogP contribution in [0.15, 0.2) is 17.5 Å². The van der Waals surface area contributed by atoms with Gasteiger partial charge in [0.05, 0.1) is 25.9 Å². The predicted molar refractivity (Wildman–Crippen MR) is 85.4 cm³/mol. The highest BCUT2D eigenvalue weighted by molar-refractivity contribution is 7.09. The molecule has 0 saturated heterocycles. The van der Waals surface area contributed by atoms with Gasteiger partial charge in [0.2, 0.25) is 0 Å². The van der Waals surface area contributed by atoms with Crippen molar-refractivity contribution in [1.29, 1.82) is 0 Å². The molecule has 1 aromatic rings. The zero-order chi connectivity index (χ0) is 15.1. The van der Waals surface area contributed by atoms with E-state index in [2.05, 4.69) is 12.2 Å². The Kier molecular flexibility index (Phi) is 6.64. The van der Waals surface area contributed by atoms with Gasteiger partial charge in [-0.05, 0) is 43.0 Å². The van der Waals surface area contributed by atoms with Crippen molar-refractivity contribution < 1.29 is 14.9 Å². The molecule has 0 amide bonds. The zero-order valence-electron chi connectivity index (χ0n) is 12.8. The Morgan fingerprint density at radius 3 is 2.86 bits per heavy atom. The van der Waals surface area contributed by atoms with Gasteiger partial charge in [-0.2, -0.15) is 0 Å². The van der Waals surface area contributed by atoms with E-state index in [-0.39, 0.29) is 12.1 Å². The fraction of sp³-hybridized carbons (Fsp3) is 0.750. The number of nitrogens with one attached hydrogen (secondary N) is 1. The molecule has 1 heterocycles.